The molecule has 4 nitrogen and oxygen atoms in total. The predicted octanol–water partition coefficient (Wildman–Crippen LogP) is 1.05. The number of hydrogen-bond acceptors (Lipinski definition) is 4. The fraction of sp³-hybridized carbons (Fsp3) is 0.875. The minimum Gasteiger partial charge on any atom is -0.406 e. The lowest BCUT2D eigenvalue weighted by Crippen LogP contribution is -2.34. The summed E-state index contributed by atoms with van der Waals surface area (Å²) in [5.74, 6) is -1.57. The Morgan fingerprint density at radius 1 is 1.50 bits per heavy atom. The summed E-state index contributed by atoms with van der Waals surface area (Å²) < 4.78 is 15.2. The topological polar surface area (TPSA) is 44.8 Å². The maximum atomic E-state index is 11.3. The van der Waals surface area contributed by atoms with Crippen LogP contribution in [-0.4, -0.2) is 24.7 Å². The molecule has 1 rings (SSSR count). The Balaban J connectivity index is 2.81. The molecule has 0 aromatic carbocycles. The zero-order valence-corrected chi connectivity index (χ0v) is 7.84. The number of ether oxygens (including phenoxy) is 3. The van der Waals surface area contributed by atoms with Crippen LogP contribution in [0.25, 0.3) is 0 Å². The van der Waals surface area contributed by atoms with Crippen LogP contribution in [0.4, 0.5) is 0 Å². The van der Waals surface area contributed by atoms with Crippen LogP contribution in [0.2, 0.25) is 0 Å². The van der Waals surface area contributed by atoms with Crippen LogP contribution in [0.1, 0.15) is 27.2 Å². The highest BCUT2D eigenvalue weighted by Gasteiger charge is 2.52. The van der Waals surface area contributed by atoms with Gasteiger partial charge < -0.3 is 9.47 Å². The van der Waals surface area contributed by atoms with Crippen molar-refractivity contribution in [2.75, 3.05) is 7.11 Å². The molecule has 2 atom stereocenters. The monoisotopic (exact) mass is 174 g/mol. The van der Waals surface area contributed by atoms with Gasteiger partial charge >= 0.3 is 11.9 Å². The van der Waals surface area contributed by atoms with Gasteiger partial charge in [0.05, 0.1) is 0 Å². The molecular weight excluding hydrogens is 160 g/mol. The molecule has 70 valence electrons. The Hall–Kier alpha value is -0.610. The average Bonchev–Trinajstić information content (AvgIpc) is 2.25. The van der Waals surface area contributed by atoms with E-state index in [4.69, 9.17) is 14.2 Å². The summed E-state index contributed by atoms with van der Waals surface area (Å²) in [6.45, 7) is 5.13. The maximum absolute atomic E-state index is 11.3. The van der Waals surface area contributed by atoms with E-state index >= 15 is 0 Å². The van der Waals surface area contributed by atoms with Crippen LogP contribution in [-0.2, 0) is 19.0 Å². The second kappa shape index (κ2) is 2.71. The molecule has 0 amide bonds. The van der Waals surface area contributed by atoms with Crippen molar-refractivity contribution in [1.29, 1.82) is 0 Å². The minimum absolute atomic E-state index is 0.366. The van der Waals surface area contributed by atoms with Gasteiger partial charge in [-0.2, -0.15) is 0 Å². The van der Waals surface area contributed by atoms with Crippen molar-refractivity contribution in [3.05, 3.63) is 0 Å². The zero-order valence-electron chi connectivity index (χ0n) is 7.84. The van der Waals surface area contributed by atoms with Gasteiger partial charge in [0.25, 0.3) is 0 Å². The van der Waals surface area contributed by atoms with Gasteiger partial charge in [-0.15, -0.1) is 0 Å². The first-order valence-electron chi connectivity index (χ1n) is 3.94. The molecule has 4 heteroatoms. The quantitative estimate of drug-likeness (QED) is 0.587. The molecule has 1 aliphatic rings. The third kappa shape index (κ3) is 1.32. The van der Waals surface area contributed by atoms with E-state index < -0.39 is 11.6 Å². The lowest BCUT2D eigenvalue weighted by Gasteiger charge is -2.22. The highest BCUT2D eigenvalue weighted by molar-refractivity contribution is 5.80. The van der Waals surface area contributed by atoms with Gasteiger partial charge in [-0.05, 0) is 13.3 Å². The maximum Gasteiger partial charge on any atom is 0.342 e. The van der Waals surface area contributed by atoms with Crippen LogP contribution in [0.5, 0.6) is 0 Å². The smallest absolute Gasteiger partial charge is 0.342 e. The van der Waals surface area contributed by atoms with Crippen LogP contribution < -0.4 is 0 Å². The van der Waals surface area contributed by atoms with Crippen molar-refractivity contribution < 1.29 is 19.0 Å². The fourth-order valence-corrected chi connectivity index (χ4v) is 1.05. The minimum atomic E-state index is -1.21. The molecule has 0 spiro atoms. The standard InChI is InChI=1S/C8H14O4/c1-5-7(2)6(9)11-8(3,10-4)12-7/h5H2,1-4H3. The number of rotatable bonds is 2. The number of carbonyl (C=O) groups excluding carboxylic acids is 1. The highest BCUT2D eigenvalue weighted by Crippen LogP contribution is 2.34. The summed E-state index contributed by atoms with van der Waals surface area (Å²) in [6.07, 6.45) is 0.574. The van der Waals surface area contributed by atoms with Crippen LogP contribution in [0.15, 0.2) is 0 Å². The Kier molecular flexibility index (Phi) is 2.14. The third-order valence-electron chi connectivity index (χ3n) is 2.17. The lowest BCUT2D eigenvalue weighted by molar-refractivity contribution is -0.319. The number of carbonyl (C=O) groups is 1. The van der Waals surface area contributed by atoms with Gasteiger partial charge in [0.2, 0.25) is 0 Å². The van der Waals surface area contributed by atoms with Gasteiger partial charge in [-0.1, -0.05) is 6.92 Å². The van der Waals surface area contributed by atoms with Crippen LogP contribution >= 0.6 is 0 Å². The summed E-state index contributed by atoms with van der Waals surface area (Å²) >= 11 is 0. The number of hydrogen-bond donors (Lipinski definition) is 0. The Bertz CT molecular complexity index is 203. The van der Waals surface area contributed by atoms with Crippen molar-refractivity contribution in [2.45, 2.75) is 38.8 Å². The van der Waals surface area contributed by atoms with E-state index in [-0.39, 0.29) is 5.97 Å². The van der Waals surface area contributed by atoms with Gasteiger partial charge in [0, 0.05) is 14.0 Å². The lowest BCUT2D eigenvalue weighted by atomic mass is 10.1. The number of cyclic esters (lactones) is 1. The van der Waals surface area contributed by atoms with E-state index in [0.717, 1.165) is 0 Å². The Morgan fingerprint density at radius 2 is 2.08 bits per heavy atom. The molecule has 0 aromatic heterocycles. The largest absolute Gasteiger partial charge is 0.406 e. The van der Waals surface area contributed by atoms with E-state index in [1.807, 2.05) is 6.92 Å². The Labute approximate surface area is 71.8 Å². The molecule has 12 heavy (non-hydrogen) atoms. The highest BCUT2D eigenvalue weighted by atomic mass is 16.9. The van der Waals surface area contributed by atoms with Crippen LogP contribution in [0.3, 0.4) is 0 Å². The first kappa shape index (κ1) is 9.48. The Morgan fingerprint density at radius 3 is 2.33 bits per heavy atom. The summed E-state index contributed by atoms with van der Waals surface area (Å²) in [5, 5.41) is 0. The van der Waals surface area contributed by atoms with Crippen molar-refractivity contribution >= 4 is 5.97 Å². The molecule has 0 aliphatic carbocycles. The SMILES string of the molecule is CCC1(C)OC(C)(OC)OC1=O. The second-order valence-electron chi connectivity index (χ2n) is 3.14. The van der Waals surface area contributed by atoms with Gasteiger partial charge in [0.1, 0.15) is 0 Å². The first-order chi connectivity index (χ1) is 5.46. The molecule has 0 N–H and O–H groups in total. The summed E-state index contributed by atoms with van der Waals surface area (Å²) in [4.78, 5) is 11.3. The molecule has 0 aromatic rings. The molecule has 2 unspecified atom stereocenters. The number of methoxy groups -OCH3 is 1. The van der Waals surface area contributed by atoms with Crippen molar-refractivity contribution in [2.24, 2.45) is 0 Å². The van der Waals surface area contributed by atoms with Crippen LogP contribution in [0, 0.1) is 0 Å². The predicted molar refractivity (Wildman–Crippen MR) is 41.3 cm³/mol. The van der Waals surface area contributed by atoms with Gasteiger partial charge in [-0.3, -0.25) is 4.74 Å². The molecule has 0 bridgehead atoms. The summed E-state index contributed by atoms with van der Waals surface area (Å²) in [5.41, 5.74) is -0.856. The third-order valence-corrected chi connectivity index (χ3v) is 2.17. The molecule has 1 heterocycles. The molecule has 1 fully saturated rings. The van der Waals surface area contributed by atoms with Crippen molar-refractivity contribution in [3.8, 4) is 0 Å². The van der Waals surface area contributed by atoms with Crippen molar-refractivity contribution in [1.82, 2.24) is 0 Å². The molecular formula is C8H14O4. The average molecular weight is 174 g/mol. The van der Waals surface area contributed by atoms with Gasteiger partial charge in [-0.25, -0.2) is 4.79 Å². The van der Waals surface area contributed by atoms with E-state index in [1.54, 1.807) is 13.8 Å². The second-order valence-corrected chi connectivity index (χ2v) is 3.14. The van der Waals surface area contributed by atoms with Crippen molar-refractivity contribution in [3.63, 3.8) is 0 Å². The van der Waals surface area contributed by atoms with E-state index in [9.17, 15) is 4.79 Å². The zero-order chi connectivity index (χ0) is 9.41. The summed E-state index contributed by atoms with van der Waals surface area (Å²) in [6, 6.07) is 0. The fourth-order valence-electron chi connectivity index (χ4n) is 1.05. The number of esters is 1. The van der Waals surface area contributed by atoms with E-state index in [2.05, 4.69) is 0 Å². The molecule has 1 saturated heterocycles. The summed E-state index contributed by atoms with van der Waals surface area (Å²) in [7, 11) is 1.44. The van der Waals surface area contributed by atoms with E-state index in [0.29, 0.717) is 6.42 Å². The molecule has 0 radical (unpaired) electrons. The molecule has 0 saturated carbocycles. The first-order valence-corrected chi connectivity index (χ1v) is 3.94. The molecule has 1 aliphatic heterocycles. The normalized spacial score (nSPS) is 41.5. The van der Waals surface area contributed by atoms with Gasteiger partial charge in [0.15, 0.2) is 5.60 Å². The van der Waals surface area contributed by atoms with E-state index in [1.165, 1.54) is 7.11 Å².